The van der Waals surface area contributed by atoms with Crippen molar-refractivity contribution in [2.45, 2.75) is 0 Å². The topological polar surface area (TPSA) is 111 Å². The Hall–Kier alpha value is -1.60. The number of aromatic hydroxyl groups is 1. The van der Waals surface area contributed by atoms with Crippen LogP contribution >= 0.6 is 15.9 Å². The third kappa shape index (κ3) is 1.74. The van der Waals surface area contributed by atoms with Gasteiger partial charge in [-0.3, -0.25) is 4.79 Å². The molecule has 0 fully saturated rings. The highest BCUT2D eigenvalue weighted by molar-refractivity contribution is 9.10. The highest BCUT2D eigenvalue weighted by atomic mass is 79.9. The maximum Gasteiger partial charge on any atom is 0.285 e. The number of phenolic OH excluding ortho intramolecular Hbond substituents is 1. The number of fused-ring (bicyclic) bond motifs is 1. The van der Waals surface area contributed by atoms with Crippen LogP contribution in [0.2, 0.25) is 0 Å². The summed E-state index contributed by atoms with van der Waals surface area (Å²) >= 11 is 3.05. The Morgan fingerprint density at radius 3 is 2.69 bits per heavy atom. The molecule has 0 saturated heterocycles. The lowest BCUT2D eigenvalue weighted by Gasteiger charge is -1.93. The minimum absolute atomic E-state index is 0. The van der Waals surface area contributed by atoms with Gasteiger partial charge in [0.1, 0.15) is 5.82 Å². The molecule has 0 aliphatic carbocycles. The van der Waals surface area contributed by atoms with E-state index in [4.69, 9.17) is 10.2 Å². The van der Waals surface area contributed by atoms with Crippen molar-refractivity contribution >= 4 is 32.8 Å². The third-order valence-corrected chi connectivity index (χ3v) is 2.69. The fourth-order valence-electron chi connectivity index (χ4n) is 1.28. The quantitative estimate of drug-likeness (QED) is 0.748. The lowest BCUT2D eigenvalue weighted by molar-refractivity contribution is 0.0975. The summed E-state index contributed by atoms with van der Waals surface area (Å²) in [6.45, 7) is 0. The molecule has 0 atom stereocenters. The van der Waals surface area contributed by atoms with Crippen LogP contribution in [-0.4, -0.2) is 11.0 Å². The van der Waals surface area contributed by atoms with Crippen molar-refractivity contribution in [1.29, 1.82) is 0 Å². The Morgan fingerprint density at radius 2 is 2.12 bits per heavy atom. The standard InChI is InChI=1S/C9H5BrFNO3.H3N/c10-6-4-1-3(11)2-5(13)7(4)15-8(6)9(12)14;/h1-2,13H,(H2,12,14);1H3. The van der Waals surface area contributed by atoms with Gasteiger partial charge in [-0.1, -0.05) is 0 Å². The number of carbonyl (C=O) groups is 1. The Bertz CT molecular complexity index is 567. The lowest BCUT2D eigenvalue weighted by atomic mass is 10.2. The highest BCUT2D eigenvalue weighted by Gasteiger charge is 2.19. The maximum atomic E-state index is 12.9. The molecule has 1 aromatic carbocycles. The fraction of sp³-hybridized carbons (Fsp3) is 0. The van der Waals surface area contributed by atoms with E-state index < -0.39 is 11.7 Å². The maximum absolute atomic E-state index is 12.9. The van der Waals surface area contributed by atoms with Crippen LogP contribution < -0.4 is 11.9 Å². The molecule has 0 aliphatic rings. The Labute approximate surface area is 97.7 Å². The average Bonchev–Trinajstić information content (AvgIpc) is 2.44. The van der Waals surface area contributed by atoms with Crippen molar-refractivity contribution in [2.24, 2.45) is 5.73 Å². The summed E-state index contributed by atoms with van der Waals surface area (Å²) in [6.07, 6.45) is 0. The zero-order valence-corrected chi connectivity index (χ0v) is 9.54. The minimum Gasteiger partial charge on any atom is -0.504 e. The van der Waals surface area contributed by atoms with Crippen molar-refractivity contribution in [3.63, 3.8) is 0 Å². The molecule has 0 unspecified atom stereocenters. The number of halogens is 2. The summed E-state index contributed by atoms with van der Waals surface area (Å²) in [5, 5.41) is 9.63. The van der Waals surface area contributed by atoms with Gasteiger partial charge in [-0.2, -0.15) is 0 Å². The summed E-state index contributed by atoms with van der Waals surface area (Å²) in [5.74, 6) is -1.94. The van der Waals surface area contributed by atoms with Crippen molar-refractivity contribution in [3.8, 4) is 5.75 Å². The van der Waals surface area contributed by atoms with Crippen molar-refractivity contribution in [2.75, 3.05) is 0 Å². The molecule has 0 saturated carbocycles. The molecular weight excluding hydrogens is 283 g/mol. The monoisotopic (exact) mass is 290 g/mol. The fourth-order valence-corrected chi connectivity index (χ4v) is 1.85. The number of rotatable bonds is 1. The second-order valence-electron chi connectivity index (χ2n) is 2.91. The summed E-state index contributed by atoms with van der Waals surface area (Å²) in [7, 11) is 0. The Balaban J connectivity index is 0.00000128. The second kappa shape index (κ2) is 4.11. The van der Waals surface area contributed by atoms with Gasteiger partial charge >= 0.3 is 0 Å². The van der Waals surface area contributed by atoms with E-state index in [1.54, 1.807) is 0 Å². The molecule has 2 rings (SSSR count). The summed E-state index contributed by atoms with van der Waals surface area (Å²) in [4.78, 5) is 10.9. The normalized spacial score (nSPS) is 10.1. The molecule has 7 heteroatoms. The predicted molar refractivity (Wildman–Crippen MR) is 59.1 cm³/mol. The molecule has 1 amide bonds. The van der Waals surface area contributed by atoms with Crippen LogP contribution in [0.15, 0.2) is 21.0 Å². The molecule has 2 aromatic rings. The van der Waals surface area contributed by atoms with Gasteiger partial charge in [0.15, 0.2) is 11.3 Å². The first-order valence-corrected chi connectivity index (χ1v) is 4.70. The van der Waals surface area contributed by atoms with E-state index >= 15 is 0 Å². The van der Waals surface area contributed by atoms with Crippen LogP contribution in [0.5, 0.6) is 5.75 Å². The second-order valence-corrected chi connectivity index (χ2v) is 3.70. The van der Waals surface area contributed by atoms with Gasteiger partial charge in [-0.15, -0.1) is 0 Å². The smallest absolute Gasteiger partial charge is 0.285 e. The Kier molecular flexibility index (Phi) is 3.20. The molecule has 86 valence electrons. The number of primary amides is 1. The van der Waals surface area contributed by atoms with Crippen molar-refractivity contribution in [3.05, 3.63) is 28.2 Å². The summed E-state index contributed by atoms with van der Waals surface area (Å²) in [6, 6.07) is 2.03. The first kappa shape index (κ1) is 12.5. The van der Waals surface area contributed by atoms with E-state index in [0.29, 0.717) is 0 Å². The highest BCUT2D eigenvalue weighted by Crippen LogP contribution is 2.36. The average molecular weight is 291 g/mol. The van der Waals surface area contributed by atoms with Crippen LogP contribution in [-0.2, 0) is 0 Å². The molecule has 5 nitrogen and oxygen atoms in total. The first-order chi connectivity index (χ1) is 7.00. The molecule has 1 heterocycles. The largest absolute Gasteiger partial charge is 0.504 e. The number of benzene rings is 1. The zero-order chi connectivity index (χ0) is 11.2. The number of hydrogen-bond donors (Lipinski definition) is 3. The molecule has 0 radical (unpaired) electrons. The minimum atomic E-state index is -0.794. The van der Waals surface area contributed by atoms with Crippen molar-refractivity contribution < 1.29 is 18.7 Å². The van der Waals surface area contributed by atoms with Crippen LogP contribution in [0.4, 0.5) is 4.39 Å². The van der Waals surface area contributed by atoms with Crippen molar-refractivity contribution in [1.82, 2.24) is 6.15 Å². The molecule has 0 aliphatic heterocycles. The molecular formula is C9H8BrFN2O3. The molecule has 16 heavy (non-hydrogen) atoms. The number of hydrogen-bond acceptors (Lipinski definition) is 4. The van der Waals surface area contributed by atoms with E-state index in [9.17, 15) is 14.3 Å². The number of nitrogens with two attached hydrogens (primary N) is 1. The van der Waals surface area contributed by atoms with Crippen LogP contribution in [0, 0.1) is 5.82 Å². The van der Waals surface area contributed by atoms with Crippen LogP contribution in [0.1, 0.15) is 10.6 Å². The summed E-state index contributed by atoms with van der Waals surface area (Å²) in [5.41, 5.74) is 5.05. The number of phenols is 1. The first-order valence-electron chi connectivity index (χ1n) is 3.91. The van der Waals surface area contributed by atoms with E-state index in [1.165, 1.54) is 0 Å². The molecule has 0 spiro atoms. The number of amides is 1. The van der Waals surface area contributed by atoms with Gasteiger partial charge in [-0.25, -0.2) is 4.39 Å². The van der Waals surface area contributed by atoms with Gasteiger partial charge in [0.2, 0.25) is 5.76 Å². The van der Waals surface area contributed by atoms with Gasteiger partial charge in [-0.05, 0) is 22.0 Å². The molecule has 1 aromatic heterocycles. The lowest BCUT2D eigenvalue weighted by Crippen LogP contribution is -2.09. The van der Waals surface area contributed by atoms with E-state index in [2.05, 4.69) is 15.9 Å². The zero-order valence-electron chi connectivity index (χ0n) is 7.96. The SMILES string of the molecule is N.NC(=O)c1oc2c(O)cc(F)cc2c1Br. The molecule has 6 N–H and O–H groups in total. The van der Waals surface area contributed by atoms with E-state index in [1.807, 2.05) is 0 Å². The van der Waals surface area contributed by atoms with Gasteiger partial charge in [0.25, 0.3) is 5.91 Å². The Morgan fingerprint density at radius 1 is 1.50 bits per heavy atom. The van der Waals surface area contributed by atoms with Gasteiger partial charge in [0, 0.05) is 11.5 Å². The van der Waals surface area contributed by atoms with Crippen LogP contribution in [0.25, 0.3) is 11.0 Å². The van der Waals surface area contributed by atoms with Gasteiger partial charge in [0.05, 0.1) is 4.47 Å². The number of furan rings is 1. The van der Waals surface area contributed by atoms with Crippen LogP contribution in [0.3, 0.4) is 0 Å². The van der Waals surface area contributed by atoms with E-state index in [-0.39, 0.29) is 33.1 Å². The number of carbonyl (C=O) groups excluding carboxylic acids is 1. The third-order valence-electron chi connectivity index (χ3n) is 1.90. The summed E-state index contributed by atoms with van der Waals surface area (Å²) < 4.78 is 18.2. The predicted octanol–water partition coefficient (Wildman–Crippen LogP) is 2.30. The van der Waals surface area contributed by atoms with Gasteiger partial charge < -0.3 is 21.4 Å². The molecule has 0 bridgehead atoms. The van der Waals surface area contributed by atoms with E-state index in [0.717, 1.165) is 12.1 Å².